The maximum atomic E-state index is 13.7. The van der Waals surface area contributed by atoms with E-state index in [0.717, 1.165) is 66.2 Å². The van der Waals surface area contributed by atoms with Crippen molar-refractivity contribution in [2.75, 3.05) is 5.32 Å². The average Bonchev–Trinajstić information content (AvgIpc) is 3.37. The first kappa shape index (κ1) is 24.3. The highest BCUT2D eigenvalue weighted by Crippen LogP contribution is 2.48. The second-order valence-electron chi connectivity index (χ2n) is 12.2. The molecule has 39 heavy (non-hydrogen) atoms. The van der Waals surface area contributed by atoms with E-state index in [9.17, 15) is 14.4 Å². The Kier molecular flexibility index (Phi) is 5.38. The van der Waals surface area contributed by atoms with Crippen molar-refractivity contribution in [3.05, 3.63) is 70.9 Å². The molecule has 7 heteroatoms. The molecule has 7 nitrogen and oxygen atoms in total. The van der Waals surface area contributed by atoms with E-state index in [-0.39, 0.29) is 23.9 Å². The predicted molar refractivity (Wildman–Crippen MR) is 149 cm³/mol. The Balaban J connectivity index is 1.23. The van der Waals surface area contributed by atoms with Crippen molar-refractivity contribution in [3.63, 3.8) is 0 Å². The Labute approximate surface area is 228 Å². The average molecular weight is 523 g/mol. The standard InChI is InChI=1S/C32H34N4O3/c1-20(2)36-29(38)32(11-7-3-4-8-12-32)35(30(36)39)19-21-13-22-14-23-16-31(17-24(23)15-27(22)33-18-21)25-9-5-6-10-26(25)34-28(31)37/h5-6,9-10,13-15,18,20H,3-4,7-8,11-12,16-17,19H2,1-2H3,(H,34,37)/t31-/m0/s1. The molecule has 2 aromatic carbocycles. The number of aromatic nitrogens is 1. The first-order chi connectivity index (χ1) is 18.8. The lowest BCUT2D eigenvalue weighted by Crippen LogP contribution is -2.49. The molecule has 2 fully saturated rings. The summed E-state index contributed by atoms with van der Waals surface area (Å²) in [5.74, 6) is 0.0367. The third-order valence-corrected chi connectivity index (χ3v) is 9.53. The van der Waals surface area contributed by atoms with Crippen LogP contribution in [-0.2, 0) is 34.4 Å². The number of para-hydroxylation sites is 1. The molecule has 1 saturated heterocycles. The zero-order valence-corrected chi connectivity index (χ0v) is 22.6. The van der Waals surface area contributed by atoms with E-state index in [4.69, 9.17) is 4.98 Å². The number of nitrogens with one attached hydrogen (secondary N) is 1. The van der Waals surface area contributed by atoms with Gasteiger partial charge in [-0.25, -0.2) is 4.79 Å². The minimum Gasteiger partial charge on any atom is -0.325 e. The summed E-state index contributed by atoms with van der Waals surface area (Å²) < 4.78 is 0. The molecular weight excluding hydrogens is 488 g/mol. The Morgan fingerprint density at radius 3 is 2.41 bits per heavy atom. The summed E-state index contributed by atoms with van der Waals surface area (Å²) in [6, 6.07) is 14.0. The van der Waals surface area contributed by atoms with Gasteiger partial charge in [-0.2, -0.15) is 0 Å². The number of pyridine rings is 1. The number of carbonyl (C=O) groups excluding carboxylic acids is 3. The molecule has 1 atom stereocenters. The number of rotatable bonds is 3. The smallest absolute Gasteiger partial charge is 0.325 e. The fourth-order valence-corrected chi connectivity index (χ4v) is 7.56. The summed E-state index contributed by atoms with van der Waals surface area (Å²) in [5.41, 5.74) is 4.82. The molecule has 200 valence electrons. The van der Waals surface area contributed by atoms with Gasteiger partial charge in [0.2, 0.25) is 5.91 Å². The third kappa shape index (κ3) is 3.48. The molecule has 3 aromatic rings. The van der Waals surface area contributed by atoms with Gasteiger partial charge in [0, 0.05) is 23.3 Å². The van der Waals surface area contributed by atoms with Crippen molar-refractivity contribution in [1.29, 1.82) is 0 Å². The number of hydrogen-bond acceptors (Lipinski definition) is 4. The highest BCUT2D eigenvalue weighted by molar-refractivity contribution is 6.08. The van der Waals surface area contributed by atoms with E-state index >= 15 is 0 Å². The minimum absolute atomic E-state index is 0.0311. The second-order valence-corrected chi connectivity index (χ2v) is 12.2. The monoisotopic (exact) mass is 522 g/mol. The molecule has 0 unspecified atom stereocenters. The zero-order chi connectivity index (χ0) is 26.9. The van der Waals surface area contributed by atoms with Gasteiger partial charge >= 0.3 is 6.03 Å². The molecule has 1 aromatic heterocycles. The number of amides is 4. The summed E-state index contributed by atoms with van der Waals surface area (Å²) in [4.78, 5) is 48.6. The summed E-state index contributed by atoms with van der Waals surface area (Å²) in [5, 5.41) is 4.09. The molecule has 3 heterocycles. The SMILES string of the molecule is CC(C)N1C(=O)N(Cc2cnc3cc4c(cc3c2)C[C@@]2(C4)C(=O)Nc3ccccc32)C2(CCCCCC2)C1=O. The number of fused-ring (bicyclic) bond motifs is 4. The fourth-order valence-electron chi connectivity index (χ4n) is 7.56. The van der Waals surface area contributed by atoms with Gasteiger partial charge in [-0.15, -0.1) is 0 Å². The van der Waals surface area contributed by atoms with Gasteiger partial charge in [-0.3, -0.25) is 19.5 Å². The molecule has 1 saturated carbocycles. The largest absolute Gasteiger partial charge is 0.328 e. The van der Waals surface area contributed by atoms with Gasteiger partial charge in [-0.1, -0.05) is 43.9 Å². The van der Waals surface area contributed by atoms with Crippen LogP contribution >= 0.6 is 0 Å². The predicted octanol–water partition coefficient (Wildman–Crippen LogP) is 5.49. The van der Waals surface area contributed by atoms with E-state index in [2.05, 4.69) is 29.6 Å². The number of hydrogen-bond donors (Lipinski definition) is 1. The lowest BCUT2D eigenvalue weighted by atomic mass is 9.79. The topological polar surface area (TPSA) is 82.6 Å². The summed E-state index contributed by atoms with van der Waals surface area (Å²) in [6.45, 7) is 4.20. The quantitative estimate of drug-likeness (QED) is 0.461. The summed E-state index contributed by atoms with van der Waals surface area (Å²) in [6.07, 6.45) is 8.75. The van der Waals surface area contributed by atoms with Crippen LogP contribution in [0.15, 0.2) is 48.7 Å². The van der Waals surface area contributed by atoms with Gasteiger partial charge in [-0.05, 0) is 86.1 Å². The molecule has 4 aliphatic rings. The number of urea groups is 1. The lowest BCUT2D eigenvalue weighted by molar-refractivity contribution is -0.135. The summed E-state index contributed by atoms with van der Waals surface area (Å²) in [7, 11) is 0. The zero-order valence-electron chi connectivity index (χ0n) is 22.6. The van der Waals surface area contributed by atoms with E-state index in [1.165, 1.54) is 16.0 Å². The number of carbonyl (C=O) groups is 3. The summed E-state index contributed by atoms with van der Waals surface area (Å²) >= 11 is 0. The number of anilines is 1. The van der Waals surface area contributed by atoms with E-state index < -0.39 is 11.0 Å². The molecule has 7 rings (SSSR count). The molecule has 2 spiro atoms. The van der Waals surface area contributed by atoms with Crippen LogP contribution in [0.25, 0.3) is 10.9 Å². The Bertz CT molecular complexity index is 1540. The highest BCUT2D eigenvalue weighted by Gasteiger charge is 2.57. The Hall–Kier alpha value is -3.74. The van der Waals surface area contributed by atoms with Gasteiger partial charge in [0.05, 0.1) is 17.5 Å². The van der Waals surface area contributed by atoms with Crippen LogP contribution in [0.2, 0.25) is 0 Å². The Morgan fingerprint density at radius 1 is 0.949 bits per heavy atom. The molecule has 0 radical (unpaired) electrons. The van der Waals surface area contributed by atoms with Crippen LogP contribution in [0.1, 0.15) is 74.6 Å². The van der Waals surface area contributed by atoms with Gasteiger partial charge in [0.1, 0.15) is 5.54 Å². The second kappa shape index (κ2) is 8.63. The van der Waals surface area contributed by atoms with Crippen LogP contribution < -0.4 is 5.32 Å². The van der Waals surface area contributed by atoms with Crippen LogP contribution in [0.4, 0.5) is 10.5 Å². The van der Waals surface area contributed by atoms with E-state index in [1.807, 2.05) is 43.1 Å². The van der Waals surface area contributed by atoms with Crippen molar-refractivity contribution in [2.45, 2.75) is 88.8 Å². The molecule has 2 aliphatic heterocycles. The van der Waals surface area contributed by atoms with Crippen LogP contribution in [-0.4, -0.2) is 44.2 Å². The van der Waals surface area contributed by atoms with Crippen molar-refractivity contribution < 1.29 is 14.4 Å². The van der Waals surface area contributed by atoms with Crippen LogP contribution in [0, 0.1) is 0 Å². The van der Waals surface area contributed by atoms with Crippen molar-refractivity contribution in [2.24, 2.45) is 0 Å². The van der Waals surface area contributed by atoms with Crippen molar-refractivity contribution >= 4 is 34.4 Å². The first-order valence-corrected chi connectivity index (χ1v) is 14.3. The maximum Gasteiger partial charge on any atom is 0.328 e. The molecule has 0 bridgehead atoms. The van der Waals surface area contributed by atoms with Crippen molar-refractivity contribution in [1.82, 2.24) is 14.8 Å². The molecule has 1 N–H and O–H groups in total. The van der Waals surface area contributed by atoms with Gasteiger partial charge in [0.15, 0.2) is 0 Å². The number of nitrogens with zero attached hydrogens (tertiary/aromatic N) is 3. The lowest BCUT2D eigenvalue weighted by Gasteiger charge is -2.34. The minimum atomic E-state index is -0.750. The molecule has 4 amide bonds. The normalized spacial score (nSPS) is 23.7. The third-order valence-electron chi connectivity index (χ3n) is 9.53. The van der Waals surface area contributed by atoms with Crippen LogP contribution in [0.3, 0.4) is 0 Å². The van der Waals surface area contributed by atoms with Crippen molar-refractivity contribution in [3.8, 4) is 0 Å². The number of imide groups is 1. The van der Waals surface area contributed by atoms with E-state index in [0.29, 0.717) is 19.4 Å². The highest BCUT2D eigenvalue weighted by atomic mass is 16.2. The Morgan fingerprint density at radius 2 is 1.67 bits per heavy atom. The maximum absolute atomic E-state index is 13.7. The fraction of sp³-hybridized carbons (Fsp3) is 0.438. The molecular formula is C32H34N4O3. The van der Waals surface area contributed by atoms with Gasteiger partial charge in [0.25, 0.3) is 5.91 Å². The van der Waals surface area contributed by atoms with Gasteiger partial charge < -0.3 is 10.2 Å². The van der Waals surface area contributed by atoms with Crippen LogP contribution in [0.5, 0.6) is 0 Å². The number of benzene rings is 2. The van der Waals surface area contributed by atoms with E-state index in [1.54, 1.807) is 0 Å². The molecule has 2 aliphatic carbocycles. The first-order valence-electron chi connectivity index (χ1n) is 14.3.